The molecule has 2 aromatic carbocycles. The summed E-state index contributed by atoms with van der Waals surface area (Å²) in [5.41, 5.74) is 2.05. The first-order valence-corrected chi connectivity index (χ1v) is 9.31. The van der Waals surface area contributed by atoms with Crippen molar-refractivity contribution >= 4 is 39.9 Å². The molecule has 1 atom stereocenters. The van der Waals surface area contributed by atoms with E-state index in [1.807, 2.05) is 12.1 Å². The number of halogens is 1. The summed E-state index contributed by atoms with van der Waals surface area (Å²) in [4.78, 5) is 5.13. The molecule has 0 saturated carbocycles. The Balaban J connectivity index is 1.47. The summed E-state index contributed by atoms with van der Waals surface area (Å²) in [6, 6.07) is 15.7. The Bertz CT molecular complexity index is 803. The Morgan fingerprint density at radius 3 is 2.46 bits per heavy atom. The first-order chi connectivity index (χ1) is 11.7. The van der Waals surface area contributed by atoms with Crippen molar-refractivity contribution < 1.29 is 4.21 Å². The lowest BCUT2D eigenvalue weighted by Crippen LogP contribution is -2.51. The Labute approximate surface area is 148 Å². The predicted molar refractivity (Wildman–Crippen MR) is 99.1 cm³/mol. The van der Waals surface area contributed by atoms with Crippen molar-refractivity contribution in [2.75, 3.05) is 36.4 Å². The third kappa shape index (κ3) is 2.99. The van der Waals surface area contributed by atoms with Gasteiger partial charge in [-0.15, -0.1) is 4.40 Å². The van der Waals surface area contributed by atoms with E-state index in [-0.39, 0.29) is 0 Å². The summed E-state index contributed by atoms with van der Waals surface area (Å²) in [5, 5.41) is 3.85. The van der Waals surface area contributed by atoms with Gasteiger partial charge in [0.2, 0.25) is 5.96 Å². The van der Waals surface area contributed by atoms with Crippen molar-refractivity contribution in [2.45, 2.75) is 4.90 Å². The number of hydrogen-bond acceptors (Lipinski definition) is 4. The highest BCUT2D eigenvalue weighted by atomic mass is 35.5. The van der Waals surface area contributed by atoms with Crippen molar-refractivity contribution in [3.8, 4) is 0 Å². The van der Waals surface area contributed by atoms with Crippen LogP contribution >= 0.6 is 11.6 Å². The Morgan fingerprint density at radius 2 is 1.71 bits per heavy atom. The summed E-state index contributed by atoms with van der Waals surface area (Å²) < 4.78 is 16.7. The van der Waals surface area contributed by atoms with Crippen LogP contribution < -0.4 is 10.2 Å². The lowest BCUT2D eigenvalue weighted by Gasteiger charge is -2.38. The summed E-state index contributed by atoms with van der Waals surface area (Å²) >= 11 is 5.97. The number of piperazine rings is 1. The fourth-order valence-corrected chi connectivity index (χ4v) is 4.16. The molecule has 1 fully saturated rings. The lowest BCUT2D eigenvalue weighted by molar-refractivity contribution is 0.385. The molecule has 0 bridgehead atoms. The van der Waals surface area contributed by atoms with Gasteiger partial charge in [0.25, 0.3) is 0 Å². The number of rotatable bonds is 1. The third-order valence-corrected chi connectivity index (χ3v) is 5.54. The van der Waals surface area contributed by atoms with Crippen LogP contribution in [0.3, 0.4) is 0 Å². The quantitative estimate of drug-likeness (QED) is 0.849. The fraction of sp³-hybridized carbons (Fsp3) is 0.235. The van der Waals surface area contributed by atoms with Crippen LogP contribution in [-0.2, 0) is 11.0 Å². The molecular weight excluding hydrogens is 344 g/mol. The van der Waals surface area contributed by atoms with E-state index in [1.165, 1.54) is 5.69 Å². The van der Waals surface area contributed by atoms with E-state index >= 15 is 0 Å². The van der Waals surface area contributed by atoms with Gasteiger partial charge >= 0.3 is 0 Å². The zero-order valence-electron chi connectivity index (χ0n) is 13.0. The summed E-state index contributed by atoms with van der Waals surface area (Å²) in [6.45, 7) is 3.48. The summed E-state index contributed by atoms with van der Waals surface area (Å²) in [7, 11) is -1.42. The monoisotopic (exact) mass is 360 g/mol. The molecule has 1 saturated heterocycles. The first-order valence-electron chi connectivity index (χ1n) is 7.83. The molecule has 24 heavy (non-hydrogen) atoms. The molecule has 4 rings (SSSR count). The van der Waals surface area contributed by atoms with Crippen LogP contribution in [0, 0.1) is 0 Å². The smallest absolute Gasteiger partial charge is 0.213 e. The Morgan fingerprint density at radius 1 is 1.00 bits per heavy atom. The highest BCUT2D eigenvalue weighted by Crippen LogP contribution is 2.28. The maximum absolute atomic E-state index is 12.4. The first kappa shape index (κ1) is 15.5. The molecule has 2 aliphatic rings. The van der Waals surface area contributed by atoms with E-state index in [2.05, 4.69) is 43.8 Å². The zero-order valence-corrected chi connectivity index (χ0v) is 14.6. The SMILES string of the molecule is O=S1N=C(N2CCN(c3ccccc3)CC2)Nc2ccc(Cl)cc21. The topological polar surface area (TPSA) is 47.9 Å². The van der Waals surface area contributed by atoms with E-state index in [9.17, 15) is 4.21 Å². The largest absolute Gasteiger partial charge is 0.368 e. The molecule has 7 heteroatoms. The predicted octanol–water partition coefficient (Wildman–Crippen LogP) is 2.97. The van der Waals surface area contributed by atoms with Crippen LogP contribution in [0.15, 0.2) is 57.8 Å². The van der Waals surface area contributed by atoms with Crippen molar-refractivity contribution in [1.29, 1.82) is 0 Å². The van der Waals surface area contributed by atoms with Crippen LogP contribution in [0.4, 0.5) is 11.4 Å². The minimum atomic E-state index is -1.42. The van der Waals surface area contributed by atoms with Crippen molar-refractivity contribution in [2.24, 2.45) is 4.40 Å². The molecule has 0 aliphatic carbocycles. The molecule has 0 amide bonds. The molecular formula is C17H17ClN4OS. The molecule has 1 N–H and O–H groups in total. The number of anilines is 2. The van der Waals surface area contributed by atoms with Gasteiger partial charge in [0.15, 0.2) is 11.0 Å². The van der Waals surface area contributed by atoms with Crippen LogP contribution in [0.25, 0.3) is 0 Å². The number of benzene rings is 2. The van der Waals surface area contributed by atoms with Crippen LogP contribution in [0.5, 0.6) is 0 Å². The van der Waals surface area contributed by atoms with Gasteiger partial charge < -0.3 is 15.1 Å². The second-order valence-electron chi connectivity index (χ2n) is 5.74. The summed E-state index contributed by atoms with van der Waals surface area (Å²) in [6.07, 6.45) is 0. The van der Waals surface area contributed by atoms with Gasteiger partial charge in [-0.05, 0) is 30.3 Å². The minimum Gasteiger partial charge on any atom is -0.368 e. The van der Waals surface area contributed by atoms with Crippen LogP contribution in [-0.4, -0.2) is 41.2 Å². The van der Waals surface area contributed by atoms with Crippen molar-refractivity contribution in [1.82, 2.24) is 4.90 Å². The molecule has 0 aromatic heterocycles. The van der Waals surface area contributed by atoms with Gasteiger partial charge in [-0.1, -0.05) is 29.8 Å². The maximum Gasteiger partial charge on any atom is 0.213 e. The highest BCUT2D eigenvalue weighted by Gasteiger charge is 2.25. The molecule has 5 nitrogen and oxygen atoms in total. The average Bonchev–Trinajstić information content (AvgIpc) is 2.63. The van der Waals surface area contributed by atoms with Crippen LogP contribution in [0.2, 0.25) is 5.02 Å². The van der Waals surface area contributed by atoms with Gasteiger partial charge in [0.1, 0.15) is 0 Å². The highest BCUT2D eigenvalue weighted by molar-refractivity contribution is 7.84. The van der Waals surface area contributed by atoms with E-state index in [4.69, 9.17) is 11.6 Å². The number of fused-ring (bicyclic) bond motifs is 1. The molecule has 2 heterocycles. The number of guanidine groups is 1. The van der Waals surface area contributed by atoms with Gasteiger partial charge in [-0.3, -0.25) is 0 Å². The van der Waals surface area contributed by atoms with Crippen molar-refractivity contribution in [3.05, 3.63) is 53.6 Å². The number of nitrogens with zero attached hydrogens (tertiary/aromatic N) is 3. The van der Waals surface area contributed by atoms with Crippen LogP contribution in [0.1, 0.15) is 0 Å². The van der Waals surface area contributed by atoms with E-state index in [1.54, 1.807) is 12.1 Å². The summed E-state index contributed by atoms with van der Waals surface area (Å²) in [5.74, 6) is 0.677. The standard InChI is InChI=1S/C17H17ClN4OS/c18-13-6-7-15-16(12-13)24(23)20-17(19-15)22-10-8-21(9-11-22)14-4-2-1-3-5-14/h1-7,12H,8-11H2,(H,19,20). The van der Waals surface area contributed by atoms with E-state index < -0.39 is 11.0 Å². The Kier molecular flexibility index (Phi) is 4.16. The molecule has 124 valence electrons. The molecule has 2 aliphatic heterocycles. The lowest BCUT2D eigenvalue weighted by atomic mass is 10.2. The molecule has 2 aromatic rings. The van der Waals surface area contributed by atoms with Gasteiger partial charge in [-0.25, -0.2) is 4.21 Å². The maximum atomic E-state index is 12.4. The fourth-order valence-electron chi connectivity index (χ4n) is 2.97. The van der Waals surface area contributed by atoms with E-state index in [0.29, 0.717) is 15.9 Å². The molecule has 0 radical (unpaired) electrons. The van der Waals surface area contributed by atoms with Gasteiger partial charge in [-0.2, -0.15) is 0 Å². The second kappa shape index (κ2) is 6.45. The molecule has 1 unspecified atom stereocenters. The average molecular weight is 361 g/mol. The van der Waals surface area contributed by atoms with Crippen molar-refractivity contribution in [3.63, 3.8) is 0 Å². The third-order valence-electron chi connectivity index (χ3n) is 4.25. The van der Waals surface area contributed by atoms with Gasteiger partial charge in [0, 0.05) is 36.9 Å². The minimum absolute atomic E-state index is 0.569. The Hall–Kier alpha value is -2.05. The second-order valence-corrected chi connectivity index (χ2v) is 7.30. The number of para-hydroxylation sites is 1. The van der Waals surface area contributed by atoms with E-state index in [0.717, 1.165) is 31.9 Å². The zero-order chi connectivity index (χ0) is 16.5. The normalized spacial score (nSPS) is 20.2. The number of hydrogen-bond donors (Lipinski definition) is 1. The molecule has 0 spiro atoms. The number of nitrogens with one attached hydrogen (secondary N) is 1. The van der Waals surface area contributed by atoms with Gasteiger partial charge in [0.05, 0.1) is 10.6 Å².